The number of carbonyl (C=O) groups excluding carboxylic acids is 1. The van der Waals surface area contributed by atoms with Crippen LogP contribution in [0.3, 0.4) is 0 Å². The van der Waals surface area contributed by atoms with E-state index < -0.39 is 0 Å². The first-order valence-electron chi connectivity index (χ1n) is 9.75. The number of nitrogens with one attached hydrogen (secondary N) is 1. The van der Waals surface area contributed by atoms with Crippen LogP contribution in [0.25, 0.3) is 5.69 Å². The van der Waals surface area contributed by atoms with E-state index in [0.717, 1.165) is 48.3 Å². The van der Waals surface area contributed by atoms with E-state index in [-0.39, 0.29) is 11.9 Å². The Morgan fingerprint density at radius 2 is 1.70 bits per heavy atom. The molecule has 0 spiro atoms. The van der Waals surface area contributed by atoms with Crippen LogP contribution in [0.4, 0.5) is 0 Å². The fourth-order valence-corrected chi connectivity index (χ4v) is 4.26. The van der Waals surface area contributed by atoms with Crippen LogP contribution in [-0.4, -0.2) is 16.5 Å². The normalized spacial score (nSPS) is 16.4. The maximum atomic E-state index is 13.0. The molecule has 0 saturated carbocycles. The summed E-state index contributed by atoms with van der Waals surface area (Å²) >= 11 is 0. The molecule has 0 radical (unpaired) electrons. The van der Waals surface area contributed by atoms with Crippen molar-refractivity contribution in [2.75, 3.05) is 0 Å². The second-order valence-electron chi connectivity index (χ2n) is 7.49. The smallest absolute Gasteiger partial charge is 0.253 e. The second kappa shape index (κ2) is 7.43. The van der Waals surface area contributed by atoms with Crippen LogP contribution in [-0.2, 0) is 12.8 Å². The number of nitrogens with zero attached hydrogens (tertiary/aromatic N) is 1. The van der Waals surface area contributed by atoms with E-state index in [1.54, 1.807) is 0 Å². The van der Waals surface area contributed by atoms with Gasteiger partial charge in [-0.15, -0.1) is 0 Å². The van der Waals surface area contributed by atoms with Crippen LogP contribution < -0.4 is 5.32 Å². The van der Waals surface area contributed by atoms with Gasteiger partial charge in [-0.05, 0) is 68.9 Å². The Labute approximate surface area is 161 Å². The topological polar surface area (TPSA) is 34.0 Å². The number of carbonyl (C=O) groups is 1. The van der Waals surface area contributed by atoms with E-state index in [4.69, 9.17) is 0 Å². The Hall–Kier alpha value is -2.81. The molecule has 4 rings (SSSR count). The zero-order chi connectivity index (χ0) is 18.8. The Morgan fingerprint density at radius 1 is 1.00 bits per heavy atom. The minimum Gasteiger partial charge on any atom is -0.349 e. The molecule has 3 aromatic rings. The first-order chi connectivity index (χ1) is 13.1. The SMILES string of the molecule is Cc1cc(C(=O)NC2CCCc3ccccc3C2)c(C)n1-c1ccccc1. The van der Waals surface area contributed by atoms with Crippen molar-refractivity contribution < 1.29 is 4.79 Å². The van der Waals surface area contributed by atoms with Crippen molar-refractivity contribution in [3.63, 3.8) is 0 Å². The van der Waals surface area contributed by atoms with Gasteiger partial charge in [-0.25, -0.2) is 0 Å². The molecule has 2 aromatic carbocycles. The molecule has 1 atom stereocenters. The number of hydrogen-bond acceptors (Lipinski definition) is 1. The van der Waals surface area contributed by atoms with Crippen molar-refractivity contribution in [1.29, 1.82) is 0 Å². The summed E-state index contributed by atoms with van der Waals surface area (Å²) < 4.78 is 2.15. The van der Waals surface area contributed by atoms with Crippen molar-refractivity contribution in [3.05, 3.63) is 88.7 Å². The van der Waals surface area contributed by atoms with Gasteiger partial charge in [0.2, 0.25) is 0 Å². The second-order valence-corrected chi connectivity index (χ2v) is 7.49. The average Bonchev–Trinajstić information content (AvgIpc) is 2.85. The van der Waals surface area contributed by atoms with Crippen LogP contribution in [0, 0.1) is 13.8 Å². The Bertz CT molecular complexity index is 956. The van der Waals surface area contributed by atoms with Crippen LogP contribution in [0.2, 0.25) is 0 Å². The van der Waals surface area contributed by atoms with Gasteiger partial charge in [-0.1, -0.05) is 42.5 Å². The molecule has 138 valence electrons. The third-order valence-corrected chi connectivity index (χ3v) is 5.61. The molecule has 0 fully saturated rings. The molecule has 0 bridgehead atoms. The lowest BCUT2D eigenvalue weighted by molar-refractivity contribution is 0.0934. The van der Waals surface area contributed by atoms with Gasteiger partial charge in [0.1, 0.15) is 0 Å². The van der Waals surface area contributed by atoms with Gasteiger partial charge >= 0.3 is 0 Å². The Kier molecular flexibility index (Phi) is 4.85. The maximum Gasteiger partial charge on any atom is 0.253 e. The van der Waals surface area contributed by atoms with E-state index >= 15 is 0 Å². The molecule has 1 unspecified atom stereocenters. The molecule has 0 saturated heterocycles. The molecule has 3 nitrogen and oxygen atoms in total. The summed E-state index contributed by atoms with van der Waals surface area (Å²) in [6.45, 7) is 4.08. The van der Waals surface area contributed by atoms with E-state index in [9.17, 15) is 4.79 Å². The van der Waals surface area contributed by atoms with Crippen LogP contribution in [0.15, 0.2) is 60.7 Å². The Balaban J connectivity index is 1.56. The summed E-state index contributed by atoms with van der Waals surface area (Å²) in [5.41, 5.74) is 6.73. The third-order valence-electron chi connectivity index (χ3n) is 5.61. The summed E-state index contributed by atoms with van der Waals surface area (Å²) in [5, 5.41) is 3.30. The lowest BCUT2D eigenvalue weighted by Crippen LogP contribution is -2.36. The number of amides is 1. The summed E-state index contributed by atoms with van der Waals surface area (Å²) in [7, 11) is 0. The number of fused-ring (bicyclic) bond motifs is 1. The fourth-order valence-electron chi connectivity index (χ4n) is 4.26. The van der Waals surface area contributed by atoms with Crippen molar-refractivity contribution in [1.82, 2.24) is 9.88 Å². The Morgan fingerprint density at radius 3 is 2.48 bits per heavy atom. The van der Waals surface area contributed by atoms with Crippen molar-refractivity contribution in [3.8, 4) is 5.69 Å². The molecule has 1 aromatic heterocycles. The minimum absolute atomic E-state index is 0.0367. The molecule has 0 aliphatic heterocycles. The first kappa shape index (κ1) is 17.6. The average molecular weight is 358 g/mol. The molecular formula is C24H26N2O. The molecule has 1 aliphatic carbocycles. The van der Waals surface area contributed by atoms with Gasteiger partial charge in [0.05, 0.1) is 5.56 Å². The van der Waals surface area contributed by atoms with Gasteiger partial charge in [0, 0.05) is 23.1 Å². The van der Waals surface area contributed by atoms with E-state index in [0.29, 0.717) is 0 Å². The fraction of sp³-hybridized carbons (Fsp3) is 0.292. The van der Waals surface area contributed by atoms with E-state index in [1.807, 2.05) is 31.2 Å². The molecule has 3 heteroatoms. The number of hydrogen-bond donors (Lipinski definition) is 1. The van der Waals surface area contributed by atoms with Gasteiger partial charge < -0.3 is 9.88 Å². The van der Waals surface area contributed by atoms with Crippen LogP contribution in [0.5, 0.6) is 0 Å². The van der Waals surface area contributed by atoms with Crippen LogP contribution >= 0.6 is 0 Å². The lowest BCUT2D eigenvalue weighted by Gasteiger charge is -2.17. The number of aromatic nitrogens is 1. The van der Waals surface area contributed by atoms with Crippen molar-refractivity contribution in [2.24, 2.45) is 0 Å². The summed E-state index contributed by atoms with van der Waals surface area (Å²) in [6, 6.07) is 21.0. The van der Waals surface area contributed by atoms with Gasteiger partial charge in [0.25, 0.3) is 5.91 Å². The summed E-state index contributed by atoms with van der Waals surface area (Å²) in [5.74, 6) is 0.0367. The standard InChI is InChI=1S/C24H26N2O/c1-17-15-23(18(2)26(17)22-13-4-3-5-14-22)24(27)25-21-12-8-11-19-9-6-7-10-20(19)16-21/h3-7,9-10,13-15,21H,8,11-12,16H2,1-2H3,(H,25,27). The van der Waals surface area contributed by atoms with Crippen molar-refractivity contribution >= 4 is 5.91 Å². The number of para-hydroxylation sites is 1. The first-order valence-corrected chi connectivity index (χ1v) is 9.75. The highest BCUT2D eigenvalue weighted by Crippen LogP contribution is 2.23. The minimum atomic E-state index is 0.0367. The van der Waals surface area contributed by atoms with Crippen molar-refractivity contribution in [2.45, 2.75) is 45.6 Å². The molecule has 27 heavy (non-hydrogen) atoms. The number of rotatable bonds is 3. The monoisotopic (exact) mass is 358 g/mol. The van der Waals surface area contributed by atoms with Gasteiger partial charge in [0.15, 0.2) is 0 Å². The number of benzene rings is 2. The lowest BCUT2D eigenvalue weighted by atomic mass is 10.0. The largest absolute Gasteiger partial charge is 0.349 e. The third kappa shape index (κ3) is 3.55. The highest BCUT2D eigenvalue weighted by Gasteiger charge is 2.22. The molecule has 1 amide bonds. The number of aryl methyl sites for hydroxylation is 2. The molecule has 1 aliphatic rings. The zero-order valence-corrected chi connectivity index (χ0v) is 16.0. The molecule has 1 heterocycles. The maximum absolute atomic E-state index is 13.0. The van der Waals surface area contributed by atoms with Gasteiger partial charge in [-0.2, -0.15) is 0 Å². The summed E-state index contributed by atoms with van der Waals surface area (Å²) in [6.07, 6.45) is 4.16. The quantitative estimate of drug-likeness (QED) is 0.672. The highest BCUT2D eigenvalue weighted by atomic mass is 16.1. The summed E-state index contributed by atoms with van der Waals surface area (Å²) in [4.78, 5) is 13.0. The zero-order valence-electron chi connectivity index (χ0n) is 16.0. The van der Waals surface area contributed by atoms with E-state index in [1.165, 1.54) is 11.1 Å². The molecular weight excluding hydrogens is 332 g/mol. The van der Waals surface area contributed by atoms with E-state index in [2.05, 4.69) is 53.2 Å². The predicted octanol–water partition coefficient (Wildman–Crippen LogP) is 4.77. The molecule has 1 N–H and O–H groups in total. The van der Waals surface area contributed by atoms with Gasteiger partial charge in [-0.3, -0.25) is 4.79 Å². The highest BCUT2D eigenvalue weighted by molar-refractivity contribution is 5.96. The van der Waals surface area contributed by atoms with Crippen LogP contribution in [0.1, 0.15) is 45.7 Å². The predicted molar refractivity (Wildman–Crippen MR) is 110 cm³/mol.